The van der Waals surface area contributed by atoms with E-state index in [1.165, 1.54) is 44.9 Å². The number of hydrogen-bond acceptors (Lipinski definition) is 4. The Morgan fingerprint density at radius 3 is 2.73 bits per heavy atom. The van der Waals surface area contributed by atoms with Crippen LogP contribution in [-0.2, 0) is 9.53 Å². The van der Waals surface area contributed by atoms with Gasteiger partial charge in [-0.05, 0) is 63.3 Å². The fourth-order valence-electron chi connectivity index (χ4n) is 7.21. The molecule has 166 valence electrons. The first-order valence-electron chi connectivity index (χ1n) is 12.2. The number of carbonyl (C=O) groups excluding carboxylic acids is 2. The minimum Gasteiger partial charge on any atom is -0.467 e. The molecule has 0 aromatic rings. The van der Waals surface area contributed by atoms with Gasteiger partial charge in [0.05, 0.1) is 13.2 Å². The molecule has 6 heteroatoms. The van der Waals surface area contributed by atoms with Gasteiger partial charge >= 0.3 is 12.0 Å². The zero-order valence-corrected chi connectivity index (χ0v) is 18.4. The molecule has 3 saturated heterocycles. The van der Waals surface area contributed by atoms with Crippen LogP contribution in [0.2, 0.25) is 0 Å². The lowest BCUT2D eigenvalue weighted by atomic mass is 9.68. The van der Waals surface area contributed by atoms with Crippen molar-refractivity contribution in [3.05, 3.63) is 11.6 Å². The second-order valence-electron chi connectivity index (χ2n) is 10.3. The number of ether oxygens (including phenoxy) is 1. The standard InChI is InChI=1S/C24H37N3O3/c1-30-22(28)24(10-4-2-5-11-24)25-23(29)27-13-7-8-17-14-18-15-19(21(17)27)16-26-12-6-3-9-20(18)26/h14,18-21H,2-13,15-16H2,1H3,(H,25,29)/t18-,19-,20+,21+/m1/s1. The van der Waals surface area contributed by atoms with Crippen molar-refractivity contribution in [3.8, 4) is 0 Å². The van der Waals surface area contributed by atoms with Crippen molar-refractivity contribution < 1.29 is 14.3 Å². The molecule has 0 aromatic heterocycles. The second-order valence-corrected chi connectivity index (χ2v) is 10.3. The molecule has 30 heavy (non-hydrogen) atoms. The first kappa shape index (κ1) is 20.3. The summed E-state index contributed by atoms with van der Waals surface area (Å²) in [5.74, 6) is 0.912. The van der Waals surface area contributed by atoms with Crippen LogP contribution in [0.25, 0.3) is 0 Å². The maximum absolute atomic E-state index is 13.6. The number of hydrogen-bond donors (Lipinski definition) is 1. The van der Waals surface area contributed by atoms with Gasteiger partial charge in [-0.2, -0.15) is 0 Å². The molecule has 6 nitrogen and oxygen atoms in total. The second kappa shape index (κ2) is 8.18. The van der Waals surface area contributed by atoms with Crippen LogP contribution in [0, 0.1) is 11.8 Å². The van der Waals surface area contributed by atoms with Gasteiger partial charge in [0.15, 0.2) is 0 Å². The van der Waals surface area contributed by atoms with Crippen molar-refractivity contribution in [2.45, 2.75) is 88.3 Å². The summed E-state index contributed by atoms with van der Waals surface area (Å²) >= 11 is 0. The molecule has 0 unspecified atom stereocenters. The fraction of sp³-hybridized carbons (Fsp3) is 0.833. The van der Waals surface area contributed by atoms with E-state index in [1.54, 1.807) is 0 Å². The van der Waals surface area contributed by atoms with Gasteiger partial charge in [-0.25, -0.2) is 9.59 Å². The van der Waals surface area contributed by atoms with Crippen molar-refractivity contribution in [2.24, 2.45) is 11.8 Å². The van der Waals surface area contributed by atoms with Gasteiger partial charge in [0.1, 0.15) is 5.54 Å². The summed E-state index contributed by atoms with van der Waals surface area (Å²) < 4.78 is 5.12. The lowest BCUT2D eigenvalue weighted by Gasteiger charge is -2.55. The van der Waals surface area contributed by atoms with E-state index < -0.39 is 5.54 Å². The number of rotatable bonds is 2. The first-order chi connectivity index (χ1) is 14.6. The van der Waals surface area contributed by atoms with Gasteiger partial charge in [0.2, 0.25) is 0 Å². The van der Waals surface area contributed by atoms with Crippen molar-refractivity contribution in [3.63, 3.8) is 0 Å². The summed E-state index contributed by atoms with van der Waals surface area (Å²) in [6.07, 6.45) is 14.3. The maximum atomic E-state index is 13.6. The van der Waals surface area contributed by atoms with Crippen LogP contribution in [0.1, 0.15) is 70.6 Å². The number of nitrogens with zero attached hydrogens (tertiary/aromatic N) is 2. The van der Waals surface area contributed by atoms with Gasteiger partial charge in [-0.1, -0.05) is 37.3 Å². The van der Waals surface area contributed by atoms with Crippen LogP contribution in [0.3, 0.4) is 0 Å². The number of likely N-dealkylation sites (tertiary alicyclic amines) is 1. The average Bonchev–Trinajstić information content (AvgIpc) is 2.78. The Morgan fingerprint density at radius 2 is 1.93 bits per heavy atom. The molecule has 0 radical (unpaired) electrons. The molecule has 4 atom stereocenters. The van der Waals surface area contributed by atoms with E-state index in [0.29, 0.717) is 24.7 Å². The zero-order valence-electron chi connectivity index (χ0n) is 18.4. The lowest BCUT2D eigenvalue weighted by molar-refractivity contribution is -0.149. The number of esters is 1. The molecule has 2 aliphatic carbocycles. The van der Waals surface area contributed by atoms with E-state index in [0.717, 1.165) is 51.2 Å². The highest BCUT2D eigenvalue weighted by Crippen LogP contribution is 2.45. The van der Waals surface area contributed by atoms with Gasteiger partial charge in [0, 0.05) is 19.1 Å². The van der Waals surface area contributed by atoms with Gasteiger partial charge in [0.25, 0.3) is 0 Å². The molecule has 5 rings (SSSR count). The minimum atomic E-state index is -0.840. The highest BCUT2D eigenvalue weighted by molar-refractivity contribution is 5.87. The molecule has 1 N–H and O–H groups in total. The number of piperidine rings is 3. The predicted octanol–water partition coefficient (Wildman–Crippen LogP) is 3.47. The Balaban J connectivity index is 1.37. The summed E-state index contributed by atoms with van der Waals surface area (Å²) in [5, 5.41) is 3.19. The SMILES string of the molecule is COC(=O)C1(NC(=O)N2CCCC3=C[C@@H]4C[C@H](CN5CCCC[C@@H]45)[C@H]32)CCCCC1. The molecule has 1 saturated carbocycles. The smallest absolute Gasteiger partial charge is 0.331 e. The van der Waals surface area contributed by atoms with Crippen molar-refractivity contribution in [2.75, 3.05) is 26.7 Å². The Bertz CT molecular complexity index is 714. The Morgan fingerprint density at radius 1 is 1.10 bits per heavy atom. The zero-order chi connectivity index (χ0) is 20.7. The fourth-order valence-corrected chi connectivity index (χ4v) is 7.21. The van der Waals surface area contributed by atoms with E-state index in [4.69, 9.17) is 4.74 Å². The summed E-state index contributed by atoms with van der Waals surface area (Å²) in [4.78, 5) is 31.0. The first-order valence-corrected chi connectivity index (χ1v) is 12.2. The van der Waals surface area contributed by atoms with Crippen LogP contribution in [0.5, 0.6) is 0 Å². The van der Waals surface area contributed by atoms with E-state index in [1.807, 2.05) is 0 Å². The van der Waals surface area contributed by atoms with E-state index in [-0.39, 0.29) is 18.0 Å². The lowest BCUT2D eigenvalue weighted by Crippen LogP contribution is -2.64. The Kier molecular flexibility index (Phi) is 5.55. The quantitative estimate of drug-likeness (QED) is 0.554. The van der Waals surface area contributed by atoms with Crippen LogP contribution >= 0.6 is 0 Å². The molecule has 3 aliphatic heterocycles. The highest BCUT2D eigenvalue weighted by Gasteiger charge is 2.49. The monoisotopic (exact) mass is 415 g/mol. The number of methoxy groups -OCH3 is 1. The molecule has 0 spiro atoms. The number of nitrogens with one attached hydrogen (secondary N) is 1. The van der Waals surface area contributed by atoms with Crippen LogP contribution in [0.4, 0.5) is 4.79 Å². The molecule has 5 aliphatic rings. The van der Waals surface area contributed by atoms with Crippen molar-refractivity contribution in [1.82, 2.24) is 15.1 Å². The van der Waals surface area contributed by atoms with Gasteiger partial charge in [-0.3, -0.25) is 4.90 Å². The van der Waals surface area contributed by atoms with Crippen molar-refractivity contribution >= 4 is 12.0 Å². The topological polar surface area (TPSA) is 61.9 Å². The number of urea groups is 1. The molecule has 2 amide bonds. The minimum absolute atomic E-state index is 0.0582. The highest BCUT2D eigenvalue weighted by atomic mass is 16.5. The van der Waals surface area contributed by atoms with Crippen LogP contribution in [0.15, 0.2) is 11.6 Å². The molecule has 2 bridgehead atoms. The van der Waals surface area contributed by atoms with E-state index in [2.05, 4.69) is 21.2 Å². The van der Waals surface area contributed by atoms with Gasteiger partial charge < -0.3 is 15.0 Å². The molecule has 3 heterocycles. The molecule has 0 aromatic carbocycles. The van der Waals surface area contributed by atoms with E-state index in [9.17, 15) is 9.59 Å². The Hall–Kier alpha value is -1.56. The maximum Gasteiger partial charge on any atom is 0.331 e. The van der Waals surface area contributed by atoms with Gasteiger partial charge in [-0.15, -0.1) is 0 Å². The average molecular weight is 416 g/mol. The van der Waals surface area contributed by atoms with Crippen molar-refractivity contribution in [1.29, 1.82) is 0 Å². The molecular weight excluding hydrogens is 378 g/mol. The third-order valence-corrected chi connectivity index (χ3v) is 8.55. The summed E-state index contributed by atoms with van der Waals surface area (Å²) in [7, 11) is 1.44. The van der Waals surface area contributed by atoms with Crippen LogP contribution in [-0.4, -0.2) is 66.2 Å². The normalized spacial score (nSPS) is 35.5. The summed E-state index contributed by atoms with van der Waals surface area (Å²) in [6.45, 7) is 3.12. The Labute approximate surface area is 180 Å². The summed E-state index contributed by atoms with van der Waals surface area (Å²) in [5.41, 5.74) is 0.645. The number of carbonyl (C=O) groups is 2. The molecular formula is C24H37N3O3. The number of fused-ring (bicyclic) bond motifs is 6. The molecule has 4 fully saturated rings. The number of amides is 2. The largest absolute Gasteiger partial charge is 0.467 e. The third kappa shape index (κ3) is 3.45. The van der Waals surface area contributed by atoms with E-state index >= 15 is 0 Å². The van der Waals surface area contributed by atoms with Crippen LogP contribution < -0.4 is 5.32 Å². The predicted molar refractivity (Wildman–Crippen MR) is 115 cm³/mol. The summed E-state index contributed by atoms with van der Waals surface area (Å²) in [6, 6.07) is 0.866. The third-order valence-electron chi connectivity index (χ3n) is 8.55.